The molecule has 0 radical (unpaired) electrons. The SMILES string of the molecule is CCC(CC)COC(=O)[C@@H](CC)CCC[C@@H](C)OC1O[C@@H](C)C(C)C[C@H]1C. The van der Waals surface area contributed by atoms with Crippen LogP contribution in [-0.2, 0) is 19.0 Å². The highest BCUT2D eigenvalue weighted by atomic mass is 16.7. The van der Waals surface area contributed by atoms with Gasteiger partial charge in [0.2, 0.25) is 0 Å². The summed E-state index contributed by atoms with van der Waals surface area (Å²) in [5, 5.41) is 0. The number of carbonyl (C=O) groups excluding carboxylic acids is 1. The largest absolute Gasteiger partial charge is 0.465 e. The zero-order chi connectivity index (χ0) is 20.4. The molecule has 4 nitrogen and oxygen atoms in total. The second-order valence-electron chi connectivity index (χ2n) is 8.70. The van der Waals surface area contributed by atoms with E-state index in [0.29, 0.717) is 24.4 Å². The predicted octanol–water partition coefficient (Wildman–Crippen LogP) is 5.97. The van der Waals surface area contributed by atoms with Crippen molar-refractivity contribution in [3.05, 3.63) is 0 Å². The van der Waals surface area contributed by atoms with Crippen molar-refractivity contribution in [2.24, 2.45) is 23.7 Å². The highest BCUT2D eigenvalue weighted by Gasteiger charge is 2.32. The van der Waals surface area contributed by atoms with Crippen LogP contribution in [0.15, 0.2) is 0 Å². The lowest BCUT2D eigenvalue weighted by Gasteiger charge is -2.38. The molecule has 0 amide bonds. The number of carbonyl (C=O) groups is 1. The van der Waals surface area contributed by atoms with Gasteiger partial charge >= 0.3 is 5.97 Å². The van der Waals surface area contributed by atoms with Crippen LogP contribution >= 0.6 is 0 Å². The van der Waals surface area contributed by atoms with Crippen LogP contribution in [0.1, 0.15) is 93.4 Å². The fourth-order valence-corrected chi connectivity index (χ4v) is 3.81. The van der Waals surface area contributed by atoms with Crippen LogP contribution in [0.5, 0.6) is 0 Å². The third kappa shape index (κ3) is 8.51. The summed E-state index contributed by atoms with van der Waals surface area (Å²) in [6.45, 7) is 15.6. The summed E-state index contributed by atoms with van der Waals surface area (Å²) in [5.41, 5.74) is 0. The molecule has 0 spiro atoms. The second kappa shape index (κ2) is 12.8. The van der Waals surface area contributed by atoms with E-state index in [1.54, 1.807) is 0 Å². The first-order chi connectivity index (χ1) is 12.8. The van der Waals surface area contributed by atoms with E-state index in [4.69, 9.17) is 14.2 Å². The van der Waals surface area contributed by atoms with Crippen molar-refractivity contribution in [3.63, 3.8) is 0 Å². The van der Waals surface area contributed by atoms with Gasteiger partial charge in [-0.25, -0.2) is 0 Å². The Bertz CT molecular complexity index is 407. The molecule has 160 valence electrons. The average molecular weight is 385 g/mol. The Morgan fingerprint density at radius 1 is 1.04 bits per heavy atom. The lowest BCUT2D eigenvalue weighted by atomic mass is 9.90. The highest BCUT2D eigenvalue weighted by molar-refractivity contribution is 5.72. The minimum absolute atomic E-state index is 0.0114. The third-order valence-corrected chi connectivity index (χ3v) is 6.33. The van der Waals surface area contributed by atoms with E-state index in [9.17, 15) is 4.79 Å². The van der Waals surface area contributed by atoms with Crippen molar-refractivity contribution in [1.29, 1.82) is 0 Å². The smallest absolute Gasteiger partial charge is 0.308 e. The summed E-state index contributed by atoms with van der Waals surface area (Å²) in [6, 6.07) is 0. The van der Waals surface area contributed by atoms with Crippen molar-refractivity contribution >= 4 is 5.97 Å². The lowest BCUT2D eigenvalue weighted by Crippen LogP contribution is -2.40. The highest BCUT2D eigenvalue weighted by Crippen LogP contribution is 2.31. The van der Waals surface area contributed by atoms with Gasteiger partial charge in [-0.15, -0.1) is 0 Å². The number of hydrogen-bond donors (Lipinski definition) is 0. The number of ether oxygens (including phenoxy) is 3. The van der Waals surface area contributed by atoms with Gasteiger partial charge in [-0.2, -0.15) is 0 Å². The molecule has 4 heteroatoms. The molecule has 1 fully saturated rings. The van der Waals surface area contributed by atoms with Crippen molar-refractivity contribution in [2.45, 2.75) is 112 Å². The summed E-state index contributed by atoms with van der Waals surface area (Å²) >= 11 is 0. The molecule has 0 aliphatic carbocycles. The van der Waals surface area contributed by atoms with Gasteiger partial charge in [-0.3, -0.25) is 4.79 Å². The fraction of sp³-hybridized carbons (Fsp3) is 0.957. The lowest BCUT2D eigenvalue weighted by molar-refractivity contribution is -0.244. The standard InChI is InChI=1S/C23H44O4/c1-8-20(9-2)15-25-22(24)21(10-3)13-11-12-18(6)26-23-17(5)14-16(4)19(7)27-23/h16-21,23H,8-15H2,1-7H3/t16?,17-,18-,19+,21+,23?/m1/s1. The van der Waals surface area contributed by atoms with E-state index in [1.165, 1.54) is 0 Å². The van der Waals surface area contributed by atoms with Crippen LogP contribution in [0.4, 0.5) is 0 Å². The molecule has 0 bridgehead atoms. The Labute approximate surface area is 167 Å². The van der Waals surface area contributed by atoms with E-state index >= 15 is 0 Å². The van der Waals surface area contributed by atoms with Crippen LogP contribution < -0.4 is 0 Å². The first-order valence-electron chi connectivity index (χ1n) is 11.3. The maximum atomic E-state index is 12.3. The molecular weight excluding hydrogens is 340 g/mol. The molecule has 0 aromatic heterocycles. The molecule has 1 rings (SSSR count). The van der Waals surface area contributed by atoms with Gasteiger partial charge in [0, 0.05) is 5.92 Å². The van der Waals surface area contributed by atoms with Crippen molar-refractivity contribution in [3.8, 4) is 0 Å². The van der Waals surface area contributed by atoms with Gasteiger partial charge in [0.1, 0.15) is 0 Å². The van der Waals surface area contributed by atoms with Crippen LogP contribution in [0.25, 0.3) is 0 Å². The minimum atomic E-state index is -0.0989. The van der Waals surface area contributed by atoms with Gasteiger partial charge in [0.15, 0.2) is 6.29 Å². The first-order valence-corrected chi connectivity index (χ1v) is 11.3. The summed E-state index contributed by atoms with van der Waals surface area (Å²) in [7, 11) is 0. The van der Waals surface area contributed by atoms with E-state index < -0.39 is 0 Å². The maximum absolute atomic E-state index is 12.3. The maximum Gasteiger partial charge on any atom is 0.308 e. The zero-order valence-corrected chi connectivity index (χ0v) is 18.8. The first kappa shape index (κ1) is 24.4. The minimum Gasteiger partial charge on any atom is -0.465 e. The molecule has 0 aromatic rings. The van der Waals surface area contributed by atoms with Gasteiger partial charge < -0.3 is 14.2 Å². The molecule has 0 N–H and O–H groups in total. The summed E-state index contributed by atoms with van der Waals surface area (Å²) < 4.78 is 17.8. The van der Waals surface area contributed by atoms with Crippen LogP contribution in [-0.4, -0.2) is 31.1 Å². The molecule has 1 saturated heterocycles. The molecular formula is C23H44O4. The monoisotopic (exact) mass is 384 g/mol. The quantitative estimate of drug-likeness (QED) is 0.389. The number of esters is 1. The molecule has 1 aliphatic heterocycles. The van der Waals surface area contributed by atoms with Crippen molar-refractivity contribution < 1.29 is 19.0 Å². The Morgan fingerprint density at radius 2 is 1.70 bits per heavy atom. The Hall–Kier alpha value is -0.610. The van der Waals surface area contributed by atoms with Crippen molar-refractivity contribution in [2.75, 3.05) is 6.61 Å². The van der Waals surface area contributed by atoms with Crippen LogP contribution in [0.3, 0.4) is 0 Å². The summed E-state index contributed by atoms with van der Waals surface area (Å²) in [4.78, 5) is 12.3. The van der Waals surface area contributed by atoms with Gasteiger partial charge in [-0.1, -0.05) is 53.9 Å². The number of rotatable bonds is 12. The molecule has 1 heterocycles. The Morgan fingerprint density at radius 3 is 2.30 bits per heavy atom. The van der Waals surface area contributed by atoms with Gasteiger partial charge in [0.25, 0.3) is 0 Å². The van der Waals surface area contributed by atoms with E-state index in [0.717, 1.165) is 44.9 Å². The Balaban J connectivity index is 2.31. The topological polar surface area (TPSA) is 44.8 Å². The molecule has 27 heavy (non-hydrogen) atoms. The predicted molar refractivity (Wildman–Crippen MR) is 110 cm³/mol. The number of hydrogen-bond acceptors (Lipinski definition) is 4. The molecule has 2 unspecified atom stereocenters. The Kier molecular flexibility index (Phi) is 11.6. The molecule has 6 atom stereocenters. The van der Waals surface area contributed by atoms with E-state index in [2.05, 4.69) is 48.5 Å². The van der Waals surface area contributed by atoms with Crippen molar-refractivity contribution in [1.82, 2.24) is 0 Å². The van der Waals surface area contributed by atoms with E-state index in [1.807, 2.05) is 0 Å². The summed E-state index contributed by atoms with van der Waals surface area (Å²) in [6.07, 6.45) is 7.24. The van der Waals surface area contributed by atoms with E-state index in [-0.39, 0.29) is 30.4 Å². The normalized spacial score (nSPS) is 28.1. The van der Waals surface area contributed by atoms with Crippen LogP contribution in [0, 0.1) is 23.7 Å². The zero-order valence-electron chi connectivity index (χ0n) is 18.8. The molecule has 1 aliphatic rings. The fourth-order valence-electron chi connectivity index (χ4n) is 3.81. The average Bonchev–Trinajstić information content (AvgIpc) is 2.64. The van der Waals surface area contributed by atoms with Gasteiger partial charge in [-0.05, 0) is 51.4 Å². The second-order valence-corrected chi connectivity index (χ2v) is 8.70. The third-order valence-electron chi connectivity index (χ3n) is 6.33. The van der Waals surface area contributed by atoms with Gasteiger partial charge in [0.05, 0.1) is 24.7 Å². The van der Waals surface area contributed by atoms with Crippen LogP contribution in [0.2, 0.25) is 0 Å². The summed E-state index contributed by atoms with van der Waals surface area (Å²) in [5.74, 6) is 1.50. The molecule has 0 saturated carbocycles. The molecule has 0 aromatic carbocycles.